The lowest BCUT2D eigenvalue weighted by atomic mass is 9.92. The fourth-order valence-electron chi connectivity index (χ4n) is 9.03. The van der Waals surface area contributed by atoms with E-state index in [2.05, 4.69) is 25.0 Å². The molecule has 1 atom stereocenters. The van der Waals surface area contributed by atoms with Gasteiger partial charge in [-0.2, -0.15) is 0 Å². The molecule has 2 aromatic carbocycles. The maximum Gasteiger partial charge on any atom is 0.262 e. The van der Waals surface area contributed by atoms with Crippen LogP contribution in [-0.4, -0.2) is 128 Å². The minimum absolute atomic E-state index is 0.0942. The molecule has 59 heavy (non-hydrogen) atoms. The molecular weight excluding hydrogens is 753 g/mol. The molecule has 4 aromatic rings. The number of ether oxygens (including phenoxy) is 2. The van der Waals surface area contributed by atoms with Crippen molar-refractivity contribution >= 4 is 45.9 Å². The van der Waals surface area contributed by atoms with Gasteiger partial charge in [-0.3, -0.25) is 44.0 Å². The lowest BCUT2D eigenvalue weighted by Gasteiger charge is -2.38. The number of imide groups is 2. The number of aryl methyl sites for hydroxylation is 1. The Morgan fingerprint density at radius 3 is 2.15 bits per heavy atom. The maximum atomic E-state index is 13.4. The van der Waals surface area contributed by atoms with Crippen molar-refractivity contribution in [2.24, 2.45) is 13.0 Å². The van der Waals surface area contributed by atoms with Crippen molar-refractivity contribution in [2.75, 3.05) is 83.9 Å². The molecule has 0 aliphatic carbocycles. The highest BCUT2D eigenvalue weighted by atomic mass is 16.5. The number of piperazine rings is 1. The van der Waals surface area contributed by atoms with Gasteiger partial charge in [-0.05, 0) is 93.2 Å². The predicted octanol–water partition coefficient (Wildman–Crippen LogP) is 3.51. The number of nitrogens with one attached hydrogen (secondary N) is 1. The van der Waals surface area contributed by atoms with E-state index in [-0.39, 0.29) is 24.3 Å². The first-order valence-corrected chi connectivity index (χ1v) is 20.4. The van der Waals surface area contributed by atoms with E-state index >= 15 is 0 Å². The molecule has 4 aliphatic heterocycles. The molecule has 0 saturated carbocycles. The normalized spacial score (nSPS) is 19.4. The highest BCUT2D eigenvalue weighted by Gasteiger charge is 2.45. The van der Waals surface area contributed by atoms with Crippen LogP contribution in [0.3, 0.4) is 0 Å². The smallest absolute Gasteiger partial charge is 0.262 e. The third kappa shape index (κ3) is 7.76. The van der Waals surface area contributed by atoms with E-state index in [1.54, 1.807) is 44.2 Å². The molecule has 8 rings (SSSR count). The molecule has 15 nitrogen and oxygen atoms in total. The fraction of sp³-hybridized carbons (Fsp3) is 0.455. The van der Waals surface area contributed by atoms with Crippen molar-refractivity contribution in [2.45, 2.75) is 44.7 Å². The number of hydrogen-bond acceptors (Lipinski definition) is 12. The van der Waals surface area contributed by atoms with Crippen LogP contribution in [0.2, 0.25) is 0 Å². The summed E-state index contributed by atoms with van der Waals surface area (Å²) in [5.74, 6) is 0.947. The molecule has 3 fully saturated rings. The van der Waals surface area contributed by atoms with E-state index in [4.69, 9.17) is 9.47 Å². The molecule has 6 heterocycles. The van der Waals surface area contributed by atoms with Crippen molar-refractivity contribution in [3.8, 4) is 22.6 Å². The molecule has 0 radical (unpaired) electrons. The molecular formula is C44H52N8O7. The Labute approximate surface area is 343 Å². The maximum absolute atomic E-state index is 13.4. The molecule has 2 aromatic heterocycles. The summed E-state index contributed by atoms with van der Waals surface area (Å²) in [7, 11) is 9.00. The molecule has 4 aliphatic rings. The van der Waals surface area contributed by atoms with Crippen LogP contribution >= 0.6 is 0 Å². The molecule has 0 spiro atoms. The highest BCUT2D eigenvalue weighted by molar-refractivity contribution is 6.23. The number of benzene rings is 2. The van der Waals surface area contributed by atoms with Crippen molar-refractivity contribution in [1.29, 1.82) is 0 Å². The summed E-state index contributed by atoms with van der Waals surface area (Å²) in [6, 6.07) is 10.4. The minimum Gasteiger partial charge on any atom is -0.496 e. The zero-order chi connectivity index (χ0) is 41.5. The van der Waals surface area contributed by atoms with Gasteiger partial charge in [-0.1, -0.05) is 0 Å². The number of anilines is 2. The first-order chi connectivity index (χ1) is 28.4. The molecule has 310 valence electrons. The van der Waals surface area contributed by atoms with Gasteiger partial charge in [-0.15, -0.1) is 0 Å². The number of methoxy groups -OCH3 is 2. The number of nitrogens with zero attached hydrogens (tertiary/aromatic N) is 7. The summed E-state index contributed by atoms with van der Waals surface area (Å²) in [4.78, 5) is 78.3. The second kappa shape index (κ2) is 16.5. The SMILES string of the molecule is COc1cc(-c2cn(C)c(=O)c3cnc(N(C)C)cc23)cc(OC)c1CN1CCC(CCN2CCN(c3ccc4c(c3)C(=O)N([C@@H]3CCC(=O)NC3=O)C4=O)CC2)CC1. The summed E-state index contributed by atoms with van der Waals surface area (Å²) in [5.41, 5.74) is 4.20. The Bertz CT molecular complexity index is 2350. The van der Waals surface area contributed by atoms with Crippen LogP contribution < -0.4 is 30.1 Å². The summed E-state index contributed by atoms with van der Waals surface area (Å²) >= 11 is 0. The van der Waals surface area contributed by atoms with E-state index in [1.165, 1.54) is 0 Å². The monoisotopic (exact) mass is 804 g/mol. The molecule has 3 saturated heterocycles. The van der Waals surface area contributed by atoms with Crippen LogP contribution in [0.25, 0.3) is 21.9 Å². The number of piperidine rings is 2. The van der Waals surface area contributed by atoms with Gasteiger partial charge in [0.15, 0.2) is 0 Å². The third-order valence-corrected chi connectivity index (χ3v) is 12.5. The number of amides is 4. The fourth-order valence-corrected chi connectivity index (χ4v) is 9.03. The van der Waals surface area contributed by atoms with E-state index in [0.717, 1.165) is 115 Å². The van der Waals surface area contributed by atoms with Gasteiger partial charge >= 0.3 is 0 Å². The quantitative estimate of drug-likeness (QED) is 0.221. The number of carbonyl (C=O) groups excluding carboxylic acids is 4. The van der Waals surface area contributed by atoms with E-state index < -0.39 is 23.8 Å². The molecule has 15 heteroatoms. The topological polar surface area (TPSA) is 150 Å². The van der Waals surface area contributed by atoms with Crippen LogP contribution in [0.15, 0.2) is 53.6 Å². The van der Waals surface area contributed by atoms with E-state index in [9.17, 15) is 24.0 Å². The van der Waals surface area contributed by atoms with Crippen LogP contribution in [0.1, 0.15) is 58.4 Å². The Morgan fingerprint density at radius 1 is 0.797 bits per heavy atom. The molecule has 1 N–H and O–H groups in total. The van der Waals surface area contributed by atoms with Gasteiger partial charge in [0.25, 0.3) is 17.4 Å². The van der Waals surface area contributed by atoms with E-state index in [1.807, 2.05) is 49.5 Å². The number of rotatable bonds is 11. The summed E-state index contributed by atoms with van der Waals surface area (Å²) in [6.07, 6.45) is 7.12. The number of carbonyl (C=O) groups is 4. The zero-order valence-electron chi connectivity index (χ0n) is 34.5. The first-order valence-electron chi connectivity index (χ1n) is 20.4. The lowest BCUT2D eigenvalue weighted by Crippen LogP contribution is -2.54. The second-order valence-electron chi connectivity index (χ2n) is 16.3. The van der Waals surface area contributed by atoms with E-state index in [0.29, 0.717) is 29.0 Å². The van der Waals surface area contributed by atoms with Gasteiger partial charge in [0.05, 0.1) is 36.3 Å². The van der Waals surface area contributed by atoms with Gasteiger partial charge in [0, 0.05) is 89.3 Å². The Morgan fingerprint density at radius 2 is 1.49 bits per heavy atom. The van der Waals surface area contributed by atoms with Crippen molar-refractivity contribution in [3.63, 3.8) is 0 Å². The van der Waals surface area contributed by atoms with Crippen LogP contribution in [0.4, 0.5) is 11.5 Å². The molecule has 0 bridgehead atoms. The van der Waals surface area contributed by atoms with Gasteiger partial charge in [-0.25, -0.2) is 4.98 Å². The average Bonchev–Trinajstić information content (AvgIpc) is 3.49. The first kappa shape index (κ1) is 40.0. The second-order valence-corrected chi connectivity index (χ2v) is 16.3. The van der Waals surface area contributed by atoms with Crippen LogP contribution in [-0.2, 0) is 23.2 Å². The van der Waals surface area contributed by atoms with Crippen LogP contribution in [0, 0.1) is 5.92 Å². The van der Waals surface area contributed by atoms with Gasteiger partial charge in [0.2, 0.25) is 11.8 Å². The summed E-state index contributed by atoms with van der Waals surface area (Å²) in [5, 5.41) is 3.63. The summed E-state index contributed by atoms with van der Waals surface area (Å²) < 4.78 is 13.6. The van der Waals surface area contributed by atoms with Crippen molar-refractivity contribution in [3.05, 3.63) is 75.8 Å². The predicted molar refractivity (Wildman–Crippen MR) is 224 cm³/mol. The Hall–Kier alpha value is -5.80. The number of pyridine rings is 2. The van der Waals surface area contributed by atoms with Crippen molar-refractivity contribution in [1.82, 2.24) is 29.6 Å². The molecule has 4 amide bonds. The highest BCUT2D eigenvalue weighted by Crippen LogP contribution is 2.39. The third-order valence-electron chi connectivity index (χ3n) is 12.5. The van der Waals surface area contributed by atoms with Crippen molar-refractivity contribution < 1.29 is 28.7 Å². The Balaban J connectivity index is 0.849. The number of likely N-dealkylation sites (tertiary alicyclic amines) is 1. The summed E-state index contributed by atoms with van der Waals surface area (Å²) in [6.45, 7) is 7.15. The average molecular weight is 805 g/mol. The zero-order valence-corrected chi connectivity index (χ0v) is 34.5. The van der Waals surface area contributed by atoms with Crippen LogP contribution in [0.5, 0.6) is 11.5 Å². The standard InChI is InChI=1S/C44H52N8O7/c1-47(2)39-23-31-33(24-45-39)42(55)48(3)25-34(31)28-20-37(58-4)35(38(21-28)59-5)26-50-14-11-27(12-15-50)10-13-49-16-18-51(19-17-49)29-6-7-30-32(22-29)44(57)52(43(30)56)36-8-9-40(53)46-41(36)54/h6-7,20-25,27,36H,8-19,26H2,1-5H3,(H,46,53,54)/t36-/m1/s1. The number of fused-ring (bicyclic) bond motifs is 2. The largest absolute Gasteiger partial charge is 0.496 e. The molecule has 0 unspecified atom stereocenters. The lowest BCUT2D eigenvalue weighted by molar-refractivity contribution is -0.136. The van der Waals surface area contributed by atoms with Gasteiger partial charge < -0.3 is 23.8 Å². The van der Waals surface area contributed by atoms with Gasteiger partial charge in [0.1, 0.15) is 23.4 Å². The Kier molecular flexibility index (Phi) is 11.2. The minimum atomic E-state index is -0.970. The number of hydrogen-bond donors (Lipinski definition) is 1. The number of aromatic nitrogens is 2.